The minimum Gasteiger partial charge on any atom is -0.478 e. The number of hydrogen-bond acceptors (Lipinski definition) is 2. The van der Waals surface area contributed by atoms with E-state index < -0.39 is 23.5 Å². The molecule has 4 nitrogen and oxygen atoms in total. The Morgan fingerprint density at radius 2 is 1.71 bits per heavy atom. The van der Waals surface area contributed by atoms with E-state index in [1.165, 1.54) is 30.3 Å². The molecule has 2 aromatic carbocycles. The van der Waals surface area contributed by atoms with Gasteiger partial charge in [0.25, 0.3) is 5.91 Å². The molecule has 0 bridgehead atoms. The predicted octanol–water partition coefficient (Wildman–Crippen LogP) is 2.59. The number of aromatic carboxylic acids is 1. The maximum absolute atomic E-state index is 13.4. The first-order valence-corrected chi connectivity index (χ1v) is 6.03. The summed E-state index contributed by atoms with van der Waals surface area (Å²) in [7, 11) is 0. The zero-order valence-corrected chi connectivity index (χ0v) is 10.8. The van der Waals surface area contributed by atoms with Crippen molar-refractivity contribution in [1.82, 2.24) is 5.32 Å². The van der Waals surface area contributed by atoms with Crippen LogP contribution in [0.2, 0.25) is 0 Å². The maximum Gasteiger partial charge on any atom is 0.336 e. The van der Waals surface area contributed by atoms with Gasteiger partial charge in [-0.25, -0.2) is 13.6 Å². The second-order valence-corrected chi connectivity index (χ2v) is 4.27. The van der Waals surface area contributed by atoms with E-state index in [0.29, 0.717) is 6.07 Å². The Morgan fingerprint density at radius 1 is 1.05 bits per heavy atom. The minimum atomic E-state index is -1.23. The average Bonchev–Trinajstić information content (AvgIpc) is 2.46. The van der Waals surface area contributed by atoms with Gasteiger partial charge in [-0.15, -0.1) is 0 Å². The Kier molecular flexibility index (Phi) is 4.27. The van der Waals surface area contributed by atoms with Crippen LogP contribution in [0.1, 0.15) is 26.3 Å². The Labute approximate surface area is 119 Å². The van der Waals surface area contributed by atoms with Crippen molar-refractivity contribution >= 4 is 11.9 Å². The lowest BCUT2D eigenvalue weighted by atomic mass is 10.1. The van der Waals surface area contributed by atoms with Gasteiger partial charge in [0.2, 0.25) is 0 Å². The molecule has 0 spiro atoms. The quantitative estimate of drug-likeness (QED) is 0.910. The molecule has 1 amide bonds. The van der Waals surface area contributed by atoms with Crippen LogP contribution in [0.25, 0.3) is 0 Å². The highest BCUT2D eigenvalue weighted by atomic mass is 19.1. The van der Waals surface area contributed by atoms with E-state index in [9.17, 15) is 18.4 Å². The molecule has 6 heteroatoms. The van der Waals surface area contributed by atoms with Crippen LogP contribution < -0.4 is 5.32 Å². The predicted molar refractivity (Wildman–Crippen MR) is 70.9 cm³/mol. The number of carbonyl (C=O) groups is 2. The number of carboxylic acid groups (broad SMARTS) is 1. The minimum absolute atomic E-state index is 0.0208. The fourth-order valence-electron chi connectivity index (χ4n) is 1.80. The van der Waals surface area contributed by atoms with E-state index in [0.717, 1.165) is 6.07 Å². The van der Waals surface area contributed by atoms with Gasteiger partial charge in [0, 0.05) is 18.2 Å². The third-order valence-electron chi connectivity index (χ3n) is 2.86. The molecule has 0 aliphatic rings. The van der Waals surface area contributed by atoms with Crippen molar-refractivity contribution < 1.29 is 23.5 Å². The van der Waals surface area contributed by atoms with Crippen molar-refractivity contribution in [3.63, 3.8) is 0 Å². The zero-order chi connectivity index (χ0) is 15.4. The molecule has 0 aromatic heterocycles. The van der Waals surface area contributed by atoms with Gasteiger partial charge < -0.3 is 10.4 Å². The summed E-state index contributed by atoms with van der Waals surface area (Å²) >= 11 is 0. The van der Waals surface area contributed by atoms with Crippen molar-refractivity contribution in [3.8, 4) is 0 Å². The monoisotopic (exact) mass is 291 g/mol. The van der Waals surface area contributed by atoms with Gasteiger partial charge in [-0.1, -0.05) is 18.2 Å². The Bertz CT molecular complexity index is 701. The molecule has 0 saturated heterocycles. The highest BCUT2D eigenvalue weighted by molar-refractivity contribution is 6.04. The van der Waals surface area contributed by atoms with Gasteiger partial charge >= 0.3 is 5.97 Å². The molecule has 2 aromatic rings. The van der Waals surface area contributed by atoms with E-state index in [4.69, 9.17) is 5.11 Å². The molecule has 0 radical (unpaired) electrons. The molecule has 0 unspecified atom stereocenters. The van der Waals surface area contributed by atoms with Crippen LogP contribution in [-0.4, -0.2) is 17.0 Å². The van der Waals surface area contributed by atoms with Crippen molar-refractivity contribution in [2.24, 2.45) is 0 Å². The zero-order valence-electron chi connectivity index (χ0n) is 10.8. The van der Waals surface area contributed by atoms with Gasteiger partial charge in [-0.2, -0.15) is 0 Å². The molecule has 2 N–H and O–H groups in total. The van der Waals surface area contributed by atoms with Crippen molar-refractivity contribution in [2.45, 2.75) is 6.54 Å². The van der Waals surface area contributed by atoms with E-state index in [-0.39, 0.29) is 23.2 Å². The van der Waals surface area contributed by atoms with E-state index >= 15 is 0 Å². The number of halogens is 2. The van der Waals surface area contributed by atoms with Crippen LogP contribution in [0.4, 0.5) is 8.78 Å². The molecule has 2 rings (SSSR count). The smallest absolute Gasteiger partial charge is 0.336 e. The number of carboxylic acids is 1. The Balaban J connectivity index is 2.14. The maximum atomic E-state index is 13.4. The SMILES string of the molecule is O=C(O)c1ccccc1C(=O)NCc1ccc(F)cc1F. The summed E-state index contributed by atoms with van der Waals surface area (Å²) in [6.45, 7) is -0.168. The van der Waals surface area contributed by atoms with Gasteiger partial charge in [0.15, 0.2) is 0 Å². The Hall–Kier alpha value is -2.76. The molecular formula is C15H11F2NO3. The summed E-state index contributed by atoms with van der Waals surface area (Å²) in [5, 5.41) is 11.4. The topological polar surface area (TPSA) is 66.4 Å². The lowest BCUT2D eigenvalue weighted by molar-refractivity contribution is 0.0691. The van der Waals surface area contributed by atoms with Gasteiger partial charge in [0.1, 0.15) is 11.6 Å². The average molecular weight is 291 g/mol. The molecule has 0 aliphatic heterocycles. The molecule has 0 saturated carbocycles. The highest BCUT2D eigenvalue weighted by Gasteiger charge is 2.15. The van der Waals surface area contributed by atoms with Crippen LogP contribution in [0.3, 0.4) is 0 Å². The normalized spacial score (nSPS) is 10.2. The fourth-order valence-corrected chi connectivity index (χ4v) is 1.80. The van der Waals surface area contributed by atoms with Gasteiger partial charge in [0.05, 0.1) is 11.1 Å². The second-order valence-electron chi connectivity index (χ2n) is 4.27. The first kappa shape index (κ1) is 14.6. The molecule has 0 fully saturated rings. The third-order valence-corrected chi connectivity index (χ3v) is 2.86. The summed E-state index contributed by atoms with van der Waals surface area (Å²) in [6.07, 6.45) is 0. The van der Waals surface area contributed by atoms with Crippen LogP contribution in [0.15, 0.2) is 42.5 Å². The molecular weight excluding hydrogens is 280 g/mol. The number of benzene rings is 2. The Morgan fingerprint density at radius 3 is 2.33 bits per heavy atom. The first-order chi connectivity index (χ1) is 9.99. The lowest BCUT2D eigenvalue weighted by Crippen LogP contribution is -2.25. The molecule has 0 atom stereocenters. The summed E-state index contributed by atoms with van der Waals surface area (Å²) < 4.78 is 26.2. The number of hydrogen-bond donors (Lipinski definition) is 2. The molecule has 108 valence electrons. The number of carbonyl (C=O) groups excluding carboxylic acids is 1. The highest BCUT2D eigenvalue weighted by Crippen LogP contribution is 2.11. The molecule has 0 aliphatic carbocycles. The standard InChI is InChI=1S/C15H11F2NO3/c16-10-6-5-9(13(17)7-10)8-18-14(19)11-3-1-2-4-12(11)15(20)21/h1-7H,8H2,(H,18,19)(H,20,21). The van der Waals surface area contributed by atoms with E-state index in [1.54, 1.807) is 0 Å². The summed E-state index contributed by atoms with van der Waals surface area (Å²) in [4.78, 5) is 23.0. The van der Waals surface area contributed by atoms with Crippen LogP contribution in [0.5, 0.6) is 0 Å². The van der Waals surface area contributed by atoms with Crippen molar-refractivity contribution in [1.29, 1.82) is 0 Å². The summed E-state index contributed by atoms with van der Waals surface area (Å²) in [6, 6.07) is 8.70. The third kappa shape index (κ3) is 3.42. The van der Waals surface area contributed by atoms with E-state index in [2.05, 4.69) is 5.32 Å². The fraction of sp³-hybridized carbons (Fsp3) is 0.0667. The van der Waals surface area contributed by atoms with Crippen molar-refractivity contribution in [3.05, 3.63) is 70.8 Å². The van der Waals surface area contributed by atoms with Crippen LogP contribution in [0, 0.1) is 11.6 Å². The first-order valence-electron chi connectivity index (χ1n) is 6.03. The van der Waals surface area contributed by atoms with E-state index in [1.807, 2.05) is 0 Å². The summed E-state index contributed by atoms with van der Waals surface area (Å²) in [5.74, 6) is -3.36. The van der Waals surface area contributed by atoms with Crippen LogP contribution in [-0.2, 0) is 6.54 Å². The van der Waals surface area contributed by atoms with Gasteiger partial charge in [-0.05, 0) is 18.2 Å². The molecule has 0 heterocycles. The van der Waals surface area contributed by atoms with Crippen LogP contribution >= 0.6 is 0 Å². The number of nitrogens with one attached hydrogen (secondary N) is 1. The number of rotatable bonds is 4. The molecule has 21 heavy (non-hydrogen) atoms. The summed E-state index contributed by atoms with van der Waals surface area (Å²) in [5.41, 5.74) is -0.0559. The lowest BCUT2D eigenvalue weighted by Gasteiger charge is -2.08. The second kappa shape index (κ2) is 6.13. The number of amides is 1. The largest absolute Gasteiger partial charge is 0.478 e. The van der Waals surface area contributed by atoms with Crippen molar-refractivity contribution in [2.75, 3.05) is 0 Å². The van der Waals surface area contributed by atoms with Gasteiger partial charge in [-0.3, -0.25) is 4.79 Å².